The quantitative estimate of drug-likeness (QED) is 0.827. The summed E-state index contributed by atoms with van der Waals surface area (Å²) < 4.78 is 2.04. The van der Waals surface area contributed by atoms with E-state index in [4.69, 9.17) is 5.11 Å². The van der Waals surface area contributed by atoms with Gasteiger partial charge in [-0.2, -0.15) is 11.8 Å². The zero-order chi connectivity index (χ0) is 12.3. The second kappa shape index (κ2) is 5.77. The highest BCUT2D eigenvalue weighted by Gasteiger charge is 2.29. The van der Waals surface area contributed by atoms with Crippen LogP contribution in [-0.2, 0) is 4.79 Å². The second-order valence-corrected chi connectivity index (χ2v) is 6.00. The predicted octanol–water partition coefficient (Wildman–Crippen LogP) is 1.91. The fourth-order valence-corrected chi connectivity index (χ4v) is 3.86. The van der Waals surface area contributed by atoms with Crippen molar-refractivity contribution in [3.05, 3.63) is 6.33 Å². The fraction of sp³-hybridized carbons (Fsp3) is 0.700. The van der Waals surface area contributed by atoms with E-state index in [2.05, 4.69) is 16.5 Å². The SMILES string of the molecule is CSC1CCCC1n1cnnc1SCC(=O)O. The van der Waals surface area contributed by atoms with Crippen molar-refractivity contribution in [1.29, 1.82) is 0 Å². The van der Waals surface area contributed by atoms with E-state index in [1.54, 1.807) is 6.33 Å². The average Bonchev–Trinajstić information content (AvgIpc) is 2.93. The van der Waals surface area contributed by atoms with Gasteiger partial charge in [0.2, 0.25) is 0 Å². The molecule has 1 fully saturated rings. The van der Waals surface area contributed by atoms with Gasteiger partial charge in [-0.25, -0.2) is 0 Å². The lowest BCUT2D eigenvalue weighted by Crippen LogP contribution is -2.16. The van der Waals surface area contributed by atoms with Gasteiger partial charge in [-0.15, -0.1) is 10.2 Å². The summed E-state index contributed by atoms with van der Waals surface area (Å²) >= 11 is 3.11. The smallest absolute Gasteiger partial charge is 0.313 e. The molecule has 2 atom stereocenters. The molecule has 5 nitrogen and oxygen atoms in total. The Labute approximate surface area is 108 Å². The highest BCUT2D eigenvalue weighted by Crippen LogP contribution is 2.38. The van der Waals surface area contributed by atoms with Crippen LogP contribution in [0.4, 0.5) is 0 Å². The van der Waals surface area contributed by atoms with Crippen LogP contribution in [0.3, 0.4) is 0 Å². The molecule has 1 heterocycles. The minimum atomic E-state index is -0.822. The van der Waals surface area contributed by atoms with Crippen molar-refractivity contribution in [1.82, 2.24) is 14.8 Å². The molecule has 0 bridgehead atoms. The number of carboxylic acids is 1. The summed E-state index contributed by atoms with van der Waals surface area (Å²) in [5, 5.41) is 17.9. The van der Waals surface area contributed by atoms with E-state index in [-0.39, 0.29) is 5.75 Å². The number of hydrogen-bond donors (Lipinski definition) is 1. The third-order valence-electron chi connectivity index (χ3n) is 2.94. The van der Waals surface area contributed by atoms with Gasteiger partial charge in [0.05, 0.1) is 5.75 Å². The third kappa shape index (κ3) is 2.95. The van der Waals surface area contributed by atoms with Gasteiger partial charge in [0.25, 0.3) is 0 Å². The molecular formula is C10H15N3O2S2. The van der Waals surface area contributed by atoms with Gasteiger partial charge in [0.1, 0.15) is 6.33 Å². The molecule has 1 aliphatic rings. The van der Waals surface area contributed by atoms with Crippen LogP contribution >= 0.6 is 23.5 Å². The van der Waals surface area contributed by atoms with Gasteiger partial charge in [0.15, 0.2) is 5.16 Å². The number of aliphatic carboxylic acids is 1. The van der Waals surface area contributed by atoms with Crippen molar-refractivity contribution >= 4 is 29.5 Å². The van der Waals surface area contributed by atoms with E-state index in [0.29, 0.717) is 11.3 Å². The molecule has 0 saturated heterocycles. The average molecular weight is 273 g/mol. The Morgan fingerprint density at radius 3 is 3.18 bits per heavy atom. The number of carboxylic acid groups (broad SMARTS) is 1. The normalized spacial score (nSPS) is 24.1. The lowest BCUT2D eigenvalue weighted by Gasteiger charge is -2.19. The van der Waals surface area contributed by atoms with Crippen molar-refractivity contribution in [2.45, 2.75) is 35.7 Å². The van der Waals surface area contributed by atoms with E-state index in [0.717, 1.165) is 11.6 Å². The van der Waals surface area contributed by atoms with Crippen LogP contribution in [0.5, 0.6) is 0 Å². The highest BCUT2D eigenvalue weighted by molar-refractivity contribution is 7.99. The maximum absolute atomic E-state index is 10.6. The van der Waals surface area contributed by atoms with Crippen LogP contribution in [0.2, 0.25) is 0 Å². The van der Waals surface area contributed by atoms with Crippen molar-refractivity contribution in [2.75, 3.05) is 12.0 Å². The number of thioether (sulfide) groups is 2. The Morgan fingerprint density at radius 2 is 2.47 bits per heavy atom. The maximum Gasteiger partial charge on any atom is 0.313 e. The largest absolute Gasteiger partial charge is 0.481 e. The fourth-order valence-electron chi connectivity index (χ4n) is 2.19. The molecule has 1 aromatic heterocycles. The Hall–Kier alpha value is -0.690. The molecule has 1 N–H and O–H groups in total. The molecule has 2 rings (SSSR count). The van der Waals surface area contributed by atoms with Gasteiger partial charge >= 0.3 is 5.97 Å². The van der Waals surface area contributed by atoms with Crippen LogP contribution in [-0.4, -0.2) is 43.1 Å². The molecule has 0 amide bonds. The summed E-state index contributed by atoms with van der Waals surface area (Å²) in [6.45, 7) is 0. The van der Waals surface area contributed by atoms with E-state index >= 15 is 0 Å². The number of carbonyl (C=O) groups is 1. The molecule has 0 spiro atoms. The van der Waals surface area contributed by atoms with Gasteiger partial charge in [0, 0.05) is 11.3 Å². The Bertz CT molecular complexity index is 397. The Kier molecular flexibility index (Phi) is 4.33. The summed E-state index contributed by atoms with van der Waals surface area (Å²) in [5.74, 6) is -0.785. The minimum absolute atomic E-state index is 0.0371. The first-order chi connectivity index (χ1) is 8.22. The van der Waals surface area contributed by atoms with Crippen LogP contribution < -0.4 is 0 Å². The van der Waals surface area contributed by atoms with Gasteiger partial charge in [-0.3, -0.25) is 4.79 Å². The van der Waals surface area contributed by atoms with E-state index in [9.17, 15) is 4.79 Å². The number of aromatic nitrogens is 3. The number of hydrogen-bond acceptors (Lipinski definition) is 5. The standard InChI is InChI=1S/C10H15N3O2S2/c1-16-8-4-2-3-7(8)13-6-11-12-10(13)17-5-9(14)15/h6-8H,2-5H2,1H3,(H,14,15). The summed E-state index contributed by atoms with van der Waals surface area (Å²) in [6.07, 6.45) is 7.41. The van der Waals surface area contributed by atoms with Gasteiger partial charge < -0.3 is 9.67 Å². The predicted molar refractivity (Wildman–Crippen MR) is 68.6 cm³/mol. The first-order valence-corrected chi connectivity index (χ1v) is 7.76. The first kappa shape index (κ1) is 12.8. The molecule has 2 unspecified atom stereocenters. The minimum Gasteiger partial charge on any atom is -0.481 e. The van der Waals surface area contributed by atoms with Crippen molar-refractivity contribution in [3.63, 3.8) is 0 Å². The molecule has 1 aromatic rings. The van der Waals surface area contributed by atoms with Crippen molar-refractivity contribution in [3.8, 4) is 0 Å². The number of nitrogens with zero attached hydrogens (tertiary/aromatic N) is 3. The summed E-state index contributed by atoms with van der Waals surface area (Å²) in [5.41, 5.74) is 0. The molecule has 7 heteroatoms. The van der Waals surface area contributed by atoms with Crippen LogP contribution in [0, 0.1) is 0 Å². The summed E-state index contributed by atoms with van der Waals surface area (Å²) in [7, 11) is 0. The van der Waals surface area contributed by atoms with E-state index in [1.807, 2.05) is 16.3 Å². The first-order valence-electron chi connectivity index (χ1n) is 5.49. The van der Waals surface area contributed by atoms with E-state index < -0.39 is 5.97 Å². The summed E-state index contributed by atoms with van der Waals surface area (Å²) in [4.78, 5) is 10.6. The monoisotopic (exact) mass is 273 g/mol. The molecule has 0 aromatic carbocycles. The van der Waals surface area contributed by atoms with Crippen LogP contribution in [0.25, 0.3) is 0 Å². The Morgan fingerprint density at radius 1 is 1.65 bits per heavy atom. The van der Waals surface area contributed by atoms with Crippen LogP contribution in [0.1, 0.15) is 25.3 Å². The molecule has 0 radical (unpaired) electrons. The Balaban J connectivity index is 2.09. The lowest BCUT2D eigenvalue weighted by atomic mass is 10.2. The zero-order valence-electron chi connectivity index (χ0n) is 9.57. The molecule has 1 saturated carbocycles. The molecule has 94 valence electrons. The highest BCUT2D eigenvalue weighted by atomic mass is 32.2. The number of rotatable bonds is 5. The van der Waals surface area contributed by atoms with E-state index in [1.165, 1.54) is 24.6 Å². The molecular weight excluding hydrogens is 258 g/mol. The van der Waals surface area contributed by atoms with Gasteiger partial charge in [-0.1, -0.05) is 18.2 Å². The van der Waals surface area contributed by atoms with Crippen LogP contribution in [0.15, 0.2) is 11.5 Å². The molecule has 17 heavy (non-hydrogen) atoms. The topological polar surface area (TPSA) is 68.0 Å². The van der Waals surface area contributed by atoms with Gasteiger partial charge in [-0.05, 0) is 19.1 Å². The lowest BCUT2D eigenvalue weighted by molar-refractivity contribution is -0.133. The maximum atomic E-state index is 10.6. The van der Waals surface area contributed by atoms with Crippen molar-refractivity contribution in [2.24, 2.45) is 0 Å². The van der Waals surface area contributed by atoms with Crippen molar-refractivity contribution < 1.29 is 9.90 Å². The molecule has 0 aliphatic heterocycles. The molecule has 1 aliphatic carbocycles. The second-order valence-electron chi connectivity index (χ2n) is 3.98. The zero-order valence-corrected chi connectivity index (χ0v) is 11.2. The third-order valence-corrected chi connectivity index (χ3v) is 5.04. The summed E-state index contributed by atoms with van der Waals surface area (Å²) in [6, 6.07) is 0.413.